The smallest absolute Gasteiger partial charge is 0.125 e. The number of halogens is 2. The van der Waals surface area contributed by atoms with E-state index in [1.54, 1.807) is 6.07 Å². The Bertz CT molecular complexity index is 546. The summed E-state index contributed by atoms with van der Waals surface area (Å²) in [6, 6.07) is 6.59. The Hall–Kier alpha value is -1.16. The van der Waals surface area contributed by atoms with Crippen LogP contribution in [0.15, 0.2) is 30.5 Å². The highest BCUT2D eigenvalue weighted by Crippen LogP contribution is 2.42. The molecule has 0 unspecified atom stereocenters. The van der Waals surface area contributed by atoms with Crippen LogP contribution in [0.2, 0.25) is 0 Å². The Morgan fingerprint density at radius 3 is 2.88 bits per heavy atom. The molecular formula is C13H12BrFN2. The van der Waals surface area contributed by atoms with Gasteiger partial charge in [-0.2, -0.15) is 5.10 Å². The van der Waals surface area contributed by atoms with Crippen molar-refractivity contribution in [2.45, 2.75) is 24.1 Å². The second-order valence-corrected chi connectivity index (χ2v) is 4.92. The minimum absolute atomic E-state index is 0.222. The highest BCUT2D eigenvalue weighted by molar-refractivity contribution is 9.08. The summed E-state index contributed by atoms with van der Waals surface area (Å²) >= 11 is 3.48. The molecule has 0 amide bonds. The monoisotopic (exact) mass is 294 g/mol. The van der Waals surface area contributed by atoms with Gasteiger partial charge in [-0.05, 0) is 31.0 Å². The molecule has 1 heterocycles. The van der Waals surface area contributed by atoms with Crippen LogP contribution in [0.4, 0.5) is 4.39 Å². The van der Waals surface area contributed by atoms with Gasteiger partial charge in [0, 0.05) is 16.8 Å². The summed E-state index contributed by atoms with van der Waals surface area (Å²) in [6.45, 7) is 0. The first-order valence-electron chi connectivity index (χ1n) is 5.68. The number of benzene rings is 1. The summed E-state index contributed by atoms with van der Waals surface area (Å²) < 4.78 is 15.1. The molecule has 1 aromatic carbocycles. The number of rotatable bonds is 3. The standard InChI is InChI=1S/C13H12BrFN2/c14-7-10-8-16-17(13(10)9-4-5-9)12-3-1-2-11(15)6-12/h1-3,6,8-9H,4-5,7H2. The average Bonchev–Trinajstić information content (AvgIpc) is 3.08. The molecule has 2 nitrogen and oxygen atoms in total. The van der Waals surface area contributed by atoms with Crippen molar-refractivity contribution in [3.05, 3.63) is 47.5 Å². The first kappa shape index (κ1) is 11.0. The van der Waals surface area contributed by atoms with E-state index in [0.717, 1.165) is 11.0 Å². The van der Waals surface area contributed by atoms with Gasteiger partial charge in [-0.15, -0.1) is 0 Å². The Morgan fingerprint density at radius 1 is 1.41 bits per heavy atom. The molecule has 0 aliphatic heterocycles. The maximum Gasteiger partial charge on any atom is 0.125 e. The molecule has 0 radical (unpaired) electrons. The zero-order valence-electron chi connectivity index (χ0n) is 9.24. The van der Waals surface area contributed by atoms with Gasteiger partial charge in [0.1, 0.15) is 5.82 Å². The van der Waals surface area contributed by atoms with Crippen molar-refractivity contribution in [1.29, 1.82) is 0 Å². The maximum atomic E-state index is 13.2. The molecule has 0 bridgehead atoms. The molecule has 0 spiro atoms. The molecule has 3 rings (SSSR count). The van der Waals surface area contributed by atoms with E-state index in [-0.39, 0.29) is 5.82 Å². The highest BCUT2D eigenvalue weighted by Gasteiger charge is 2.30. The van der Waals surface area contributed by atoms with Gasteiger partial charge in [-0.1, -0.05) is 22.0 Å². The SMILES string of the molecule is Fc1cccc(-n2ncc(CBr)c2C2CC2)c1. The van der Waals surface area contributed by atoms with Crippen LogP contribution in [0.3, 0.4) is 0 Å². The minimum Gasteiger partial charge on any atom is -0.237 e. The third-order valence-electron chi connectivity index (χ3n) is 3.05. The van der Waals surface area contributed by atoms with Crippen molar-refractivity contribution in [2.24, 2.45) is 0 Å². The number of hydrogen-bond acceptors (Lipinski definition) is 1. The molecule has 1 aliphatic rings. The van der Waals surface area contributed by atoms with Gasteiger partial charge in [-0.25, -0.2) is 9.07 Å². The second kappa shape index (κ2) is 4.26. The van der Waals surface area contributed by atoms with E-state index in [9.17, 15) is 4.39 Å². The Balaban J connectivity index is 2.11. The van der Waals surface area contributed by atoms with E-state index in [1.807, 2.05) is 16.9 Å². The van der Waals surface area contributed by atoms with Crippen LogP contribution in [0, 0.1) is 5.82 Å². The van der Waals surface area contributed by atoms with E-state index < -0.39 is 0 Å². The van der Waals surface area contributed by atoms with Crippen molar-refractivity contribution < 1.29 is 4.39 Å². The molecule has 4 heteroatoms. The van der Waals surface area contributed by atoms with Gasteiger partial charge in [-0.3, -0.25) is 0 Å². The first-order valence-corrected chi connectivity index (χ1v) is 6.80. The van der Waals surface area contributed by atoms with Crippen molar-refractivity contribution >= 4 is 15.9 Å². The molecule has 0 atom stereocenters. The fourth-order valence-corrected chi connectivity index (χ4v) is 2.53. The van der Waals surface area contributed by atoms with E-state index in [2.05, 4.69) is 21.0 Å². The quantitative estimate of drug-likeness (QED) is 0.788. The third-order valence-corrected chi connectivity index (χ3v) is 3.65. The first-order chi connectivity index (χ1) is 8.29. The van der Waals surface area contributed by atoms with Crippen LogP contribution < -0.4 is 0 Å². The zero-order chi connectivity index (χ0) is 11.8. The van der Waals surface area contributed by atoms with E-state index in [0.29, 0.717) is 5.92 Å². The number of alkyl halides is 1. The fourth-order valence-electron chi connectivity index (χ4n) is 2.10. The third kappa shape index (κ3) is 2.02. The highest BCUT2D eigenvalue weighted by atomic mass is 79.9. The van der Waals surface area contributed by atoms with Crippen LogP contribution in [-0.2, 0) is 5.33 Å². The molecule has 0 N–H and O–H groups in total. The maximum absolute atomic E-state index is 13.2. The zero-order valence-corrected chi connectivity index (χ0v) is 10.8. The van der Waals surface area contributed by atoms with Gasteiger partial charge in [0.2, 0.25) is 0 Å². The Kier molecular flexibility index (Phi) is 2.74. The minimum atomic E-state index is -0.222. The molecule has 2 aromatic rings. The molecule has 0 saturated heterocycles. The van der Waals surface area contributed by atoms with Gasteiger partial charge in [0.05, 0.1) is 17.6 Å². The lowest BCUT2D eigenvalue weighted by atomic mass is 10.2. The van der Waals surface area contributed by atoms with Crippen molar-refractivity contribution in [2.75, 3.05) is 0 Å². The molecule has 17 heavy (non-hydrogen) atoms. The molecular weight excluding hydrogens is 283 g/mol. The Labute approximate surface area is 108 Å². The van der Waals surface area contributed by atoms with E-state index in [4.69, 9.17) is 0 Å². The summed E-state index contributed by atoms with van der Waals surface area (Å²) in [5, 5.41) is 5.18. The molecule has 1 fully saturated rings. The predicted octanol–water partition coefficient (Wildman–Crippen LogP) is 3.78. The van der Waals surface area contributed by atoms with Crippen LogP contribution in [0.5, 0.6) is 0 Å². The van der Waals surface area contributed by atoms with Gasteiger partial charge >= 0.3 is 0 Å². The van der Waals surface area contributed by atoms with Crippen LogP contribution >= 0.6 is 15.9 Å². The summed E-state index contributed by atoms with van der Waals surface area (Å²) in [4.78, 5) is 0. The summed E-state index contributed by atoms with van der Waals surface area (Å²) in [7, 11) is 0. The van der Waals surface area contributed by atoms with Crippen LogP contribution in [-0.4, -0.2) is 9.78 Å². The second-order valence-electron chi connectivity index (χ2n) is 4.35. The molecule has 1 aromatic heterocycles. The Morgan fingerprint density at radius 2 is 2.24 bits per heavy atom. The van der Waals surface area contributed by atoms with Gasteiger partial charge < -0.3 is 0 Å². The molecule has 88 valence electrons. The normalized spacial score (nSPS) is 15.2. The number of aromatic nitrogens is 2. The predicted molar refractivity (Wildman–Crippen MR) is 68.1 cm³/mol. The summed E-state index contributed by atoms with van der Waals surface area (Å²) in [6.07, 6.45) is 4.29. The molecule has 1 saturated carbocycles. The van der Waals surface area contributed by atoms with Crippen LogP contribution in [0.25, 0.3) is 5.69 Å². The van der Waals surface area contributed by atoms with Gasteiger partial charge in [0.15, 0.2) is 0 Å². The number of nitrogens with zero attached hydrogens (tertiary/aromatic N) is 2. The van der Waals surface area contributed by atoms with Gasteiger partial charge in [0.25, 0.3) is 0 Å². The largest absolute Gasteiger partial charge is 0.237 e. The molecule has 1 aliphatic carbocycles. The topological polar surface area (TPSA) is 17.8 Å². The van der Waals surface area contributed by atoms with Crippen molar-refractivity contribution in [3.63, 3.8) is 0 Å². The lowest BCUT2D eigenvalue weighted by molar-refractivity contribution is 0.624. The summed E-state index contributed by atoms with van der Waals surface area (Å²) in [5.74, 6) is 0.369. The summed E-state index contributed by atoms with van der Waals surface area (Å²) in [5.41, 5.74) is 3.24. The fraction of sp³-hybridized carbons (Fsp3) is 0.308. The number of hydrogen-bond donors (Lipinski definition) is 0. The lowest BCUT2D eigenvalue weighted by Gasteiger charge is -2.08. The van der Waals surface area contributed by atoms with Crippen molar-refractivity contribution in [1.82, 2.24) is 9.78 Å². The average molecular weight is 295 g/mol. The van der Waals surface area contributed by atoms with E-state index in [1.165, 1.54) is 36.2 Å². The van der Waals surface area contributed by atoms with Crippen LogP contribution in [0.1, 0.15) is 30.0 Å². The lowest BCUT2D eigenvalue weighted by Crippen LogP contribution is -2.02. The van der Waals surface area contributed by atoms with Crippen molar-refractivity contribution in [3.8, 4) is 5.69 Å². The van der Waals surface area contributed by atoms with E-state index >= 15 is 0 Å².